The molecule has 26 heavy (non-hydrogen) atoms. The van der Waals surface area contributed by atoms with Crippen LogP contribution in [0.5, 0.6) is 0 Å². The van der Waals surface area contributed by atoms with Gasteiger partial charge in [-0.25, -0.2) is 9.97 Å². The van der Waals surface area contributed by atoms with E-state index in [2.05, 4.69) is 20.3 Å². The average molecular weight is 341 g/mol. The summed E-state index contributed by atoms with van der Waals surface area (Å²) in [6.07, 6.45) is 10.4. The molecule has 4 rings (SSSR count). The van der Waals surface area contributed by atoms with Gasteiger partial charge in [0.25, 0.3) is 0 Å². The van der Waals surface area contributed by atoms with Gasteiger partial charge in [0.05, 0.1) is 11.4 Å². The van der Waals surface area contributed by atoms with Crippen molar-refractivity contribution in [1.82, 2.24) is 19.4 Å². The van der Waals surface area contributed by atoms with E-state index in [9.17, 15) is 4.79 Å². The number of imidazole rings is 1. The van der Waals surface area contributed by atoms with E-state index in [1.807, 2.05) is 65.3 Å². The van der Waals surface area contributed by atoms with Crippen LogP contribution in [0.4, 0.5) is 5.69 Å². The second kappa shape index (κ2) is 6.98. The molecule has 3 aromatic heterocycles. The fourth-order valence-corrected chi connectivity index (χ4v) is 2.51. The van der Waals surface area contributed by atoms with Gasteiger partial charge in [0, 0.05) is 42.1 Å². The Morgan fingerprint density at radius 2 is 1.85 bits per heavy atom. The molecule has 0 unspecified atom stereocenters. The molecule has 0 saturated carbocycles. The zero-order valence-electron chi connectivity index (χ0n) is 13.8. The molecule has 0 aliphatic heterocycles. The number of hydrogen-bond acceptors (Lipinski definition) is 4. The molecule has 0 aliphatic rings. The van der Waals surface area contributed by atoms with Crippen molar-refractivity contribution < 1.29 is 4.79 Å². The van der Waals surface area contributed by atoms with Gasteiger partial charge in [-0.05, 0) is 36.4 Å². The first-order chi connectivity index (χ1) is 12.8. The first-order valence-electron chi connectivity index (χ1n) is 8.08. The molecule has 0 saturated heterocycles. The second-order valence-electron chi connectivity index (χ2n) is 5.61. The predicted octanol–water partition coefficient (Wildman–Crippen LogP) is 3.44. The van der Waals surface area contributed by atoms with Crippen LogP contribution in [-0.2, 0) is 4.79 Å². The minimum Gasteiger partial charge on any atom is -0.323 e. The lowest BCUT2D eigenvalue weighted by Gasteiger charge is -2.03. The topological polar surface area (TPSA) is 72.2 Å². The lowest BCUT2D eigenvalue weighted by Crippen LogP contribution is -2.07. The van der Waals surface area contributed by atoms with E-state index in [1.54, 1.807) is 18.5 Å². The second-order valence-corrected chi connectivity index (χ2v) is 5.61. The normalized spacial score (nSPS) is 11.1. The van der Waals surface area contributed by atoms with Crippen molar-refractivity contribution in [3.8, 4) is 11.3 Å². The summed E-state index contributed by atoms with van der Waals surface area (Å²) < 4.78 is 1.87. The molecule has 1 amide bonds. The summed E-state index contributed by atoms with van der Waals surface area (Å²) in [6.45, 7) is 0. The molecule has 0 atom stereocenters. The highest BCUT2D eigenvalue weighted by Crippen LogP contribution is 2.20. The largest absolute Gasteiger partial charge is 0.323 e. The molecule has 3 heterocycles. The number of aromatic nitrogens is 4. The molecule has 0 spiro atoms. The van der Waals surface area contributed by atoms with E-state index >= 15 is 0 Å². The number of fused-ring (bicyclic) bond motifs is 1. The maximum absolute atomic E-state index is 12.0. The molecule has 6 heteroatoms. The number of nitrogens with zero attached hydrogens (tertiary/aromatic N) is 4. The number of pyridine rings is 1. The fourth-order valence-electron chi connectivity index (χ4n) is 2.51. The highest BCUT2D eigenvalue weighted by molar-refractivity contribution is 6.01. The number of anilines is 1. The summed E-state index contributed by atoms with van der Waals surface area (Å²) in [7, 11) is 0. The lowest BCUT2D eigenvalue weighted by molar-refractivity contribution is -0.111. The third-order valence-corrected chi connectivity index (χ3v) is 3.78. The van der Waals surface area contributed by atoms with E-state index < -0.39 is 0 Å². The molecule has 0 fully saturated rings. The van der Waals surface area contributed by atoms with Crippen LogP contribution in [0.15, 0.2) is 79.4 Å². The van der Waals surface area contributed by atoms with Gasteiger partial charge >= 0.3 is 0 Å². The van der Waals surface area contributed by atoms with Crippen molar-refractivity contribution in [3.05, 3.63) is 85.1 Å². The van der Waals surface area contributed by atoms with E-state index in [-0.39, 0.29) is 5.91 Å². The molecule has 126 valence electrons. The minimum absolute atomic E-state index is 0.208. The fraction of sp³-hybridized carbons (Fsp3) is 0. The first-order valence-corrected chi connectivity index (χ1v) is 8.08. The molecular formula is C20H15N5O. The molecular weight excluding hydrogens is 326 g/mol. The summed E-state index contributed by atoms with van der Waals surface area (Å²) in [5.41, 5.74) is 3.24. The van der Waals surface area contributed by atoms with Crippen molar-refractivity contribution in [3.63, 3.8) is 0 Å². The Labute approximate surface area is 149 Å². The summed E-state index contributed by atoms with van der Waals surface area (Å²) in [4.78, 5) is 24.8. The van der Waals surface area contributed by atoms with Crippen LogP contribution in [-0.4, -0.2) is 25.3 Å². The van der Waals surface area contributed by atoms with Crippen LogP contribution < -0.4 is 5.32 Å². The monoisotopic (exact) mass is 341 g/mol. The highest BCUT2D eigenvalue weighted by atomic mass is 16.1. The summed E-state index contributed by atoms with van der Waals surface area (Å²) >= 11 is 0. The van der Waals surface area contributed by atoms with Crippen LogP contribution >= 0.6 is 0 Å². The SMILES string of the molecule is O=C(C=Cc1ccccn1)Nc1ccc(-c2cn3cccnc3n2)cc1. The van der Waals surface area contributed by atoms with Crippen molar-refractivity contribution in [1.29, 1.82) is 0 Å². The van der Waals surface area contributed by atoms with Gasteiger partial charge in [-0.3, -0.25) is 14.2 Å². The highest BCUT2D eigenvalue weighted by Gasteiger charge is 2.05. The van der Waals surface area contributed by atoms with Crippen LogP contribution in [0.2, 0.25) is 0 Å². The molecule has 0 radical (unpaired) electrons. The number of rotatable bonds is 4. The zero-order chi connectivity index (χ0) is 17.8. The van der Waals surface area contributed by atoms with Crippen LogP contribution in [0, 0.1) is 0 Å². The van der Waals surface area contributed by atoms with Crippen LogP contribution in [0.25, 0.3) is 23.1 Å². The van der Waals surface area contributed by atoms with Crippen LogP contribution in [0.1, 0.15) is 5.69 Å². The van der Waals surface area contributed by atoms with Crippen LogP contribution in [0.3, 0.4) is 0 Å². The van der Waals surface area contributed by atoms with Gasteiger partial charge in [-0.1, -0.05) is 18.2 Å². The number of hydrogen-bond donors (Lipinski definition) is 1. The lowest BCUT2D eigenvalue weighted by atomic mass is 10.1. The van der Waals surface area contributed by atoms with Gasteiger partial charge < -0.3 is 5.32 Å². The predicted molar refractivity (Wildman–Crippen MR) is 100 cm³/mol. The first kappa shape index (κ1) is 15.7. The van der Waals surface area contributed by atoms with Gasteiger partial charge in [-0.15, -0.1) is 0 Å². The molecule has 4 aromatic rings. The Balaban J connectivity index is 1.45. The van der Waals surface area contributed by atoms with E-state index in [1.165, 1.54) is 6.08 Å². The molecule has 0 bridgehead atoms. The Hall–Kier alpha value is -3.80. The number of amides is 1. The van der Waals surface area contributed by atoms with Crippen molar-refractivity contribution in [2.75, 3.05) is 5.32 Å². The van der Waals surface area contributed by atoms with Crippen molar-refractivity contribution >= 4 is 23.4 Å². The van der Waals surface area contributed by atoms with Gasteiger partial charge in [-0.2, -0.15) is 0 Å². The molecule has 1 aromatic carbocycles. The Bertz CT molecular complexity index is 1040. The third kappa shape index (κ3) is 3.49. The van der Waals surface area contributed by atoms with E-state index in [4.69, 9.17) is 0 Å². The Kier molecular flexibility index (Phi) is 4.22. The minimum atomic E-state index is -0.208. The van der Waals surface area contributed by atoms with Gasteiger partial charge in [0.2, 0.25) is 11.7 Å². The third-order valence-electron chi connectivity index (χ3n) is 3.78. The number of benzene rings is 1. The standard InChI is InChI=1S/C20H15N5O/c26-19(10-9-16-4-1-2-11-21-16)23-17-7-5-15(6-8-17)18-14-25-13-3-12-22-20(25)24-18/h1-14H,(H,23,26). The van der Waals surface area contributed by atoms with Crippen molar-refractivity contribution in [2.45, 2.75) is 0 Å². The molecule has 6 nitrogen and oxygen atoms in total. The van der Waals surface area contributed by atoms with E-state index in [0.717, 1.165) is 17.0 Å². The maximum Gasteiger partial charge on any atom is 0.248 e. The number of nitrogens with one attached hydrogen (secondary N) is 1. The van der Waals surface area contributed by atoms with E-state index in [0.29, 0.717) is 11.5 Å². The van der Waals surface area contributed by atoms with Gasteiger partial charge in [0.1, 0.15) is 0 Å². The summed E-state index contributed by atoms with van der Waals surface area (Å²) in [5.74, 6) is 0.444. The Morgan fingerprint density at radius 1 is 1.00 bits per heavy atom. The molecule has 1 N–H and O–H groups in total. The average Bonchev–Trinajstić information content (AvgIpc) is 3.12. The number of carbonyl (C=O) groups is 1. The molecule has 0 aliphatic carbocycles. The van der Waals surface area contributed by atoms with Crippen molar-refractivity contribution in [2.24, 2.45) is 0 Å². The smallest absolute Gasteiger partial charge is 0.248 e. The summed E-state index contributed by atoms with van der Waals surface area (Å²) in [5, 5.41) is 2.83. The maximum atomic E-state index is 12.0. The summed E-state index contributed by atoms with van der Waals surface area (Å²) in [6, 6.07) is 14.9. The zero-order valence-corrected chi connectivity index (χ0v) is 13.8. The Morgan fingerprint density at radius 3 is 2.62 bits per heavy atom. The quantitative estimate of drug-likeness (QED) is 0.577. The van der Waals surface area contributed by atoms with Gasteiger partial charge in [0.15, 0.2) is 0 Å². The number of carbonyl (C=O) groups excluding carboxylic acids is 1.